The summed E-state index contributed by atoms with van der Waals surface area (Å²) in [7, 11) is 0. The zero-order valence-corrected chi connectivity index (χ0v) is 22.4. The maximum atomic E-state index is 3.61. The second-order valence-corrected chi connectivity index (χ2v) is 10.3. The van der Waals surface area contributed by atoms with Crippen LogP contribution in [0.15, 0.2) is 12.4 Å². The summed E-state index contributed by atoms with van der Waals surface area (Å²) in [4.78, 5) is 3.61. The van der Waals surface area contributed by atoms with Gasteiger partial charge in [-0.05, 0) is 19.3 Å². The molecular formula is C30H59N2+. The molecule has 0 spiro atoms. The van der Waals surface area contributed by atoms with Gasteiger partial charge in [-0.1, -0.05) is 143 Å². The van der Waals surface area contributed by atoms with Crippen molar-refractivity contribution in [2.45, 2.75) is 174 Å². The van der Waals surface area contributed by atoms with Crippen LogP contribution in [0.2, 0.25) is 0 Å². The number of aromatic nitrogens is 2. The average molecular weight is 448 g/mol. The van der Waals surface area contributed by atoms with Crippen molar-refractivity contribution in [1.82, 2.24) is 4.98 Å². The molecule has 0 amide bonds. The Bertz CT molecular complexity index is 493. The van der Waals surface area contributed by atoms with Crippen LogP contribution in [0.25, 0.3) is 0 Å². The van der Waals surface area contributed by atoms with E-state index in [0.717, 1.165) is 12.5 Å². The second-order valence-electron chi connectivity index (χ2n) is 10.3. The third-order valence-corrected chi connectivity index (χ3v) is 7.21. The predicted molar refractivity (Wildman–Crippen MR) is 142 cm³/mol. The predicted octanol–water partition coefficient (Wildman–Crippen LogP) is 10.0. The van der Waals surface area contributed by atoms with E-state index < -0.39 is 0 Å². The Morgan fingerprint density at radius 3 is 1.38 bits per heavy atom. The van der Waals surface area contributed by atoms with Gasteiger partial charge in [0.1, 0.15) is 12.4 Å². The molecule has 188 valence electrons. The Labute approximate surface area is 202 Å². The first-order valence-electron chi connectivity index (χ1n) is 14.9. The molecule has 0 saturated heterocycles. The lowest BCUT2D eigenvalue weighted by molar-refractivity contribution is -0.704. The van der Waals surface area contributed by atoms with E-state index in [4.69, 9.17) is 0 Å². The number of nitrogens with zero attached hydrogens (tertiary/aromatic N) is 1. The van der Waals surface area contributed by atoms with Crippen LogP contribution in [0.4, 0.5) is 0 Å². The lowest BCUT2D eigenvalue weighted by atomic mass is 9.93. The summed E-state index contributed by atoms with van der Waals surface area (Å²) >= 11 is 0. The topological polar surface area (TPSA) is 19.7 Å². The number of H-pyrrole nitrogens is 1. The minimum absolute atomic E-state index is 0.732. The molecule has 1 heterocycles. The first-order valence-corrected chi connectivity index (χ1v) is 14.9. The molecule has 0 radical (unpaired) electrons. The van der Waals surface area contributed by atoms with Crippen molar-refractivity contribution in [3.8, 4) is 0 Å². The van der Waals surface area contributed by atoms with Crippen LogP contribution >= 0.6 is 0 Å². The van der Waals surface area contributed by atoms with Gasteiger partial charge in [-0.25, -0.2) is 9.55 Å². The van der Waals surface area contributed by atoms with Gasteiger partial charge in [-0.2, -0.15) is 0 Å². The molecule has 32 heavy (non-hydrogen) atoms. The molecule has 2 heteroatoms. The van der Waals surface area contributed by atoms with Gasteiger partial charge in [-0.3, -0.25) is 0 Å². The molecule has 0 aliphatic heterocycles. The summed E-state index contributed by atoms with van der Waals surface area (Å²) in [5, 5.41) is 0. The molecule has 1 aromatic heterocycles. The van der Waals surface area contributed by atoms with Crippen LogP contribution in [-0.2, 0) is 6.54 Å². The average Bonchev–Trinajstić information content (AvgIpc) is 3.26. The number of unbranched alkanes of at least 4 members (excludes halogenated alkanes) is 17. The fourth-order valence-electron chi connectivity index (χ4n) is 5.16. The van der Waals surface area contributed by atoms with Crippen LogP contribution in [-0.4, -0.2) is 4.98 Å². The van der Waals surface area contributed by atoms with E-state index >= 15 is 0 Å². The largest absolute Gasteiger partial charge is 0.257 e. The smallest absolute Gasteiger partial charge is 0.247 e. The summed E-state index contributed by atoms with van der Waals surface area (Å²) in [5.41, 5.74) is 0. The van der Waals surface area contributed by atoms with Gasteiger partial charge in [0.15, 0.2) is 0 Å². The van der Waals surface area contributed by atoms with Crippen molar-refractivity contribution in [1.29, 1.82) is 0 Å². The van der Waals surface area contributed by atoms with Gasteiger partial charge in [0, 0.05) is 0 Å². The van der Waals surface area contributed by atoms with Crippen molar-refractivity contribution < 1.29 is 4.57 Å². The highest BCUT2D eigenvalue weighted by Crippen LogP contribution is 2.26. The Morgan fingerprint density at radius 1 is 0.562 bits per heavy atom. The van der Waals surface area contributed by atoms with Crippen LogP contribution < -0.4 is 4.57 Å². The fraction of sp³-hybridized carbons (Fsp3) is 0.900. The standard InChI is InChI=1S/C30H58N2/c1-4-7-9-11-12-13-14-15-16-17-18-19-21-23-25-29(24-22-20-10-8-5-2)30-31-26-28-32(30)27-6-3/h26,28-29H,4-25,27H2,1-3H3/p+1/t29-/m0/s1. The molecule has 0 aliphatic carbocycles. The van der Waals surface area contributed by atoms with Crippen molar-refractivity contribution in [2.75, 3.05) is 0 Å². The molecule has 2 nitrogen and oxygen atoms in total. The van der Waals surface area contributed by atoms with Crippen molar-refractivity contribution in [3.05, 3.63) is 18.2 Å². The number of hydrogen-bond donors (Lipinski definition) is 1. The van der Waals surface area contributed by atoms with Crippen LogP contribution in [0.1, 0.15) is 174 Å². The lowest BCUT2D eigenvalue weighted by Crippen LogP contribution is -2.37. The zero-order chi connectivity index (χ0) is 23.1. The van der Waals surface area contributed by atoms with E-state index in [9.17, 15) is 0 Å². The third-order valence-electron chi connectivity index (χ3n) is 7.21. The highest BCUT2D eigenvalue weighted by atomic mass is 15.1. The van der Waals surface area contributed by atoms with E-state index in [2.05, 4.69) is 42.7 Å². The van der Waals surface area contributed by atoms with E-state index in [-0.39, 0.29) is 0 Å². The summed E-state index contributed by atoms with van der Waals surface area (Å²) < 4.78 is 2.49. The monoisotopic (exact) mass is 447 g/mol. The Balaban J connectivity index is 2.13. The summed E-state index contributed by atoms with van der Waals surface area (Å²) in [6, 6.07) is 0. The first kappa shape index (κ1) is 29.2. The molecule has 0 aliphatic rings. The molecule has 0 saturated carbocycles. The maximum Gasteiger partial charge on any atom is 0.257 e. The highest BCUT2D eigenvalue weighted by molar-refractivity contribution is 4.90. The normalized spacial score (nSPS) is 12.5. The van der Waals surface area contributed by atoms with Gasteiger partial charge < -0.3 is 0 Å². The number of rotatable bonds is 24. The Kier molecular flexibility index (Phi) is 20.1. The van der Waals surface area contributed by atoms with Crippen molar-refractivity contribution in [2.24, 2.45) is 0 Å². The minimum atomic E-state index is 0.732. The number of hydrogen-bond acceptors (Lipinski definition) is 0. The van der Waals surface area contributed by atoms with Gasteiger partial charge >= 0.3 is 0 Å². The molecule has 0 fully saturated rings. The molecule has 0 aromatic carbocycles. The Hall–Kier alpha value is -0.790. The number of aryl methyl sites for hydroxylation is 1. The minimum Gasteiger partial charge on any atom is -0.247 e. The maximum absolute atomic E-state index is 3.61. The van der Waals surface area contributed by atoms with E-state index in [1.807, 2.05) is 0 Å². The van der Waals surface area contributed by atoms with Gasteiger partial charge in [0.25, 0.3) is 5.82 Å². The second kappa shape index (κ2) is 22.0. The van der Waals surface area contributed by atoms with Gasteiger partial charge in [-0.15, -0.1) is 0 Å². The molecular weight excluding hydrogens is 388 g/mol. The quantitative estimate of drug-likeness (QED) is 0.120. The van der Waals surface area contributed by atoms with Crippen molar-refractivity contribution in [3.63, 3.8) is 0 Å². The van der Waals surface area contributed by atoms with Crippen LogP contribution in [0.5, 0.6) is 0 Å². The van der Waals surface area contributed by atoms with Gasteiger partial charge in [0.2, 0.25) is 0 Å². The van der Waals surface area contributed by atoms with Crippen molar-refractivity contribution >= 4 is 0 Å². The van der Waals surface area contributed by atoms with Crippen LogP contribution in [0, 0.1) is 0 Å². The van der Waals surface area contributed by atoms with E-state index in [1.165, 1.54) is 147 Å². The first-order chi connectivity index (χ1) is 15.8. The van der Waals surface area contributed by atoms with Crippen LogP contribution in [0.3, 0.4) is 0 Å². The van der Waals surface area contributed by atoms with E-state index in [1.54, 1.807) is 0 Å². The fourth-order valence-corrected chi connectivity index (χ4v) is 5.16. The lowest BCUT2D eigenvalue weighted by Gasteiger charge is -2.14. The molecule has 1 rings (SSSR count). The van der Waals surface area contributed by atoms with Gasteiger partial charge in [0.05, 0.1) is 12.5 Å². The van der Waals surface area contributed by atoms with E-state index in [0.29, 0.717) is 0 Å². The molecule has 0 unspecified atom stereocenters. The summed E-state index contributed by atoms with van der Waals surface area (Å²) in [5.74, 6) is 2.23. The number of aromatic amines is 1. The highest BCUT2D eigenvalue weighted by Gasteiger charge is 2.22. The number of imidazole rings is 1. The molecule has 0 bridgehead atoms. The molecule has 1 aromatic rings. The zero-order valence-electron chi connectivity index (χ0n) is 22.4. The molecule has 1 atom stereocenters. The summed E-state index contributed by atoms with van der Waals surface area (Å²) in [6.07, 6.45) is 35.6. The third kappa shape index (κ3) is 15.1. The summed E-state index contributed by atoms with van der Waals surface area (Å²) in [6.45, 7) is 8.06. The number of nitrogens with one attached hydrogen (secondary N) is 1. The Morgan fingerprint density at radius 2 is 0.969 bits per heavy atom. The SMILES string of the molecule is CCCCCCCCCCCCCCCC[C@H](CCCCCCC)c1[nH]cc[n+]1CCC. The molecule has 1 N–H and O–H groups in total.